The molecule has 6 heteroatoms. The van der Waals surface area contributed by atoms with E-state index in [-0.39, 0.29) is 17.2 Å². The van der Waals surface area contributed by atoms with Gasteiger partial charge in [0.05, 0.1) is 10.2 Å². The van der Waals surface area contributed by atoms with E-state index in [0.29, 0.717) is 11.6 Å². The molecule has 0 unspecified atom stereocenters. The second-order valence-corrected chi connectivity index (χ2v) is 7.20. The lowest BCUT2D eigenvalue weighted by Gasteiger charge is -2.16. The van der Waals surface area contributed by atoms with E-state index >= 15 is 0 Å². The van der Waals surface area contributed by atoms with Crippen LogP contribution in [0.4, 0.5) is 10.8 Å². The molecule has 5 nitrogen and oxygen atoms in total. The Hall–Kier alpha value is -1.95. The lowest BCUT2D eigenvalue weighted by atomic mass is 9.92. The first-order valence-electron chi connectivity index (χ1n) is 6.71. The maximum Gasteiger partial charge on any atom is 0.226 e. The van der Waals surface area contributed by atoms with Gasteiger partial charge in [-0.1, -0.05) is 32.1 Å². The molecule has 2 rings (SSSR count). The molecule has 0 bridgehead atoms. The highest BCUT2D eigenvalue weighted by molar-refractivity contribution is 7.22. The van der Waals surface area contributed by atoms with E-state index in [2.05, 4.69) is 15.6 Å². The van der Waals surface area contributed by atoms with Crippen molar-refractivity contribution in [1.29, 1.82) is 0 Å². The van der Waals surface area contributed by atoms with Crippen molar-refractivity contribution in [3.63, 3.8) is 0 Å². The molecule has 0 fully saturated rings. The molecule has 2 N–H and O–H groups in total. The van der Waals surface area contributed by atoms with Gasteiger partial charge in [0.25, 0.3) is 0 Å². The van der Waals surface area contributed by atoms with Gasteiger partial charge in [-0.15, -0.1) is 0 Å². The quantitative estimate of drug-likeness (QED) is 0.909. The number of nitrogens with zero attached hydrogens (tertiary/aromatic N) is 1. The molecule has 0 spiro atoms. The third kappa shape index (κ3) is 4.53. The maximum absolute atomic E-state index is 11.9. The van der Waals surface area contributed by atoms with Crippen molar-refractivity contribution in [3.8, 4) is 0 Å². The number of amides is 2. The van der Waals surface area contributed by atoms with Gasteiger partial charge in [0.15, 0.2) is 5.13 Å². The molecule has 0 aliphatic heterocycles. The van der Waals surface area contributed by atoms with Crippen LogP contribution in [-0.4, -0.2) is 16.8 Å². The molecule has 0 saturated heterocycles. The molecule has 1 heterocycles. The van der Waals surface area contributed by atoms with Gasteiger partial charge in [0.1, 0.15) is 0 Å². The fourth-order valence-electron chi connectivity index (χ4n) is 1.90. The molecule has 2 aromatic rings. The first-order chi connectivity index (χ1) is 9.73. The average Bonchev–Trinajstić information content (AvgIpc) is 2.66. The van der Waals surface area contributed by atoms with E-state index < -0.39 is 0 Å². The topological polar surface area (TPSA) is 71.1 Å². The second kappa shape index (κ2) is 5.81. The normalized spacial score (nSPS) is 11.4. The van der Waals surface area contributed by atoms with Crippen LogP contribution in [0.5, 0.6) is 0 Å². The predicted octanol–water partition coefficient (Wildman–Crippen LogP) is 3.63. The Labute approximate surface area is 127 Å². The van der Waals surface area contributed by atoms with Gasteiger partial charge < -0.3 is 10.6 Å². The van der Waals surface area contributed by atoms with Crippen LogP contribution in [0, 0.1) is 5.41 Å². The molecule has 1 aromatic carbocycles. The number of hydrogen-bond acceptors (Lipinski definition) is 4. The minimum atomic E-state index is -0.113. The number of anilines is 2. The zero-order valence-electron chi connectivity index (χ0n) is 12.6. The van der Waals surface area contributed by atoms with Gasteiger partial charge in [0.2, 0.25) is 11.8 Å². The molecule has 0 atom stereocenters. The van der Waals surface area contributed by atoms with Crippen molar-refractivity contribution in [2.75, 3.05) is 10.6 Å². The summed E-state index contributed by atoms with van der Waals surface area (Å²) < 4.78 is 0.923. The molecular formula is C15H19N3O2S. The monoisotopic (exact) mass is 305 g/mol. The highest BCUT2D eigenvalue weighted by Gasteiger charge is 2.17. The molecule has 21 heavy (non-hydrogen) atoms. The van der Waals surface area contributed by atoms with E-state index in [4.69, 9.17) is 0 Å². The number of nitrogens with one attached hydrogen (secondary N) is 2. The Kier molecular flexibility index (Phi) is 4.27. The first-order valence-corrected chi connectivity index (χ1v) is 7.53. The average molecular weight is 305 g/mol. The predicted molar refractivity (Wildman–Crippen MR) is 86.6 cm³/mol. The molecule has 1 aromatic heterocycles. The van der Waals surface area contributed by atoms with Gasteiger partial charge >= 0.3 is 0 Å². The van der Waals surface area contributed by atoms with Crippen LogP contribution in [-0.2, 0) is 9.59 Å². The van der Waals surface area contributed by atoms with Crippen LogP contribution in [0.25, 0.3) is 10.2 Å². The van der Waals surface area contributed by atoms with Gasteiger partial charge in [-0.3, -0.25) is 9.59 Å². The molecular weight excluding hydrogens is 286 g/mol. The first kappa shape index (κ1) is 15.4. The summed E-state index contributed by atoms with van der Waals surface area (Å²) in [4.78, 5) is 27.3. The van der Waals surface area contributed by atoms with Gasteiger partial charge in [-0.2, -0.15) is 0 Å². The third-order valence-corrected chi connectivity index (χ3v) is 3.58. The summed E-state index contributed by atoms with van der Waals surface area (Å²) in [6.07, 6.45) is 0.445. The lowest BCUT2D eigenvalue weighted by molar-refractivity contribution is -0.118. The van der Waals surface area contributed by atoms with Crippen LogP contribution in [0.15, 0.2) is 18.2 Å². The van der Waals surface area contributed by atoms with Crippen molar-refractivity contribution < 1.29 is 9.59 Å². The largest absolute Gasteiger partial charge is 0.326 e. The summed E-state index contributed by atoms with van der Waals surface area (Å²) in [7, 11) is 0. The molecule has 0 saturated carbocycles. The van der Waals surface area contributed by atoms with Crippen LogP contribution >= 0.6 is 11.3 Å². The Morgan fingerprint density at radius 3 is 2.57 bits per heavy atom. The number of benzene rings is 1. The zero-order chi connectivity index (χ0) is 15.6. The van der Waals surface area contributed by atoms with Gasteiger partial charge in [0, 0.05) is 19.0 Å². The summed E-state index contributed by atoms with van der Waals surface area (Å²) in [6, 6.07) is 5.48. The summed E-state index contributed by atoms with van der Waals surface area (Å²) in [5.74, 6) is -0.152. The van der Waals surface area contributed by atoms with Gasteiger partial charge in [-0.25, -0.2) is 4.98 Å². The van der Waals surface area contributed by atoms with E-state index in [1.54, 1.807) is 6.07 Å². The summed E-state index contributed by atoms with van der Waals surface area (Å²) in [6.45, 7) is 7.52. The minimum Gasteiger partial charge on any atom is -0.326 e. The summed E-state index contributed by atoms with van der Waals surface area (Å²) in [5, 5.41) is 6.14. The highest BCUT2D eigenvalue weighted by atomic mass is 32.1. The summed E-state index contributed by atoms with van der Waals surface area (Å²) >= 11 is 1.40. The molecule has 0 aliphatic rings. The number of carbonyl (C=O) groups is 2. The summed E-state index contributed by atoms with van der Waals surface area (Å²) in [5.41, 5.74) is 1.48. The number of fused-ring (bicyclic) bond motifs is 1. The number of carbonyl (C=O) groups excluding carboxylic acids is 2. The number of rotatable bonds is 3. The Bertz CT molecular complexity index is 686. The molecule has 112 valence electrons. The molecule has 0 aliphatic carbocycles. The smallest absolute Gasteiger partial charge is 0.226 e. The number of hydrogen-bond donors (Lipinski definition) is 2. The fourth-order valence-corrected chi connectivity index (χ4v) is 2.83. The standard InChI is InChI=1S/C15H19N3O2S/c1-9(19)16-10-5-6-11-12(7-10)21-14(17-11)18-13(20)8-15(2,3)4/h5-7H,8H2,1-4H3,(H,16,19)(H,17,18,20). The molecule has 0 radical (unpaired) electrons. The minimum absolute atomic E-state index is 0.0383. The van der Waals surface area contributed by atoms with Crippen molar-refractivity contribution in [3.05, 3.63) is 18.2 Å². The number of aromatic nitrogens is 1. The Morgan fingerprint density at radius 2 is 1.95 bits per heavy atom. The highest BCUT2D eigenvalue weighted by Crippen LogP contribution is 2.29. The third-order valence-electron chi connectivity index (χ3n) is 2.65. The van der Waals surface area contributed by atoms with Crippen molar-refractivity contribution >= 4 is 44.2 Å². The van der Waals surface area contributed by atoms with Gasteiger partial charge in [-0.05, 0) is 23.6 Å². The van der Waals surface area contributed by atoms with E-state index in [1.807, 2.05) is 32.9 Å². The lowest BCUT2D eigenvalue weighted by Crippen LogP contribution is -2.19. The van der Waals surface area contributed by atoms with Crippen LogP contribution in [0.3, 0.4) is 0 Å². The van der Waals surface area contributed by atoms with E-state index in [0.717, 1.165) is 15.9 Å². The van der Waals surface area contributed by atoms with E-state index in [1.165, 1.54) is 18.3 Å². The van der Waals surface area contributed by atoms with Crippen LogP contribution in [0.2, 0.25) is 0 Å². The maximum atomic E-state index is 11.9. The second-order valence-electron chi connectivity index (χ2n) is 6.17. The van der Waals surface area contributed by atoms with Crippen LogP contribution < -0.4 is 10.6 Å². The Morgan fingerprint density at radius 1 is 1.24 bits per heavy atom. The molecule has 2 amide bonds. The SMILES string of the molecule is CC(=O)Nc1ccc2nc(NC(=O)CC(C)(C)C)sc2c1. The van der Waals surface area contributed by atoms with E-state index in [9.17, 15) is 9.59 Å². The van der Waals surface area contributed by atoms with Crippen molar-refractivity contribution in [2.45, 2.75) is 34.1 Å². The number of thiazole rings is 1. The van der Waals surface area contributed by atoms with Crippen molar-refractivity contribution in [1.82, 2.24) is 4.98 Å². The zero-order valence-corrected chi connectivity index (χ0v) is 13.4. The van der Waals surface area contributed by atoms with Crippen molar-refractivity contribution in [2.24, 2.45) is 5.41 Å². The Balaban J connectivity index is 2.15. The van der Waals surface area contributed by atoms with Crippen LogP contribution in [0.1, 0.15) is 34.1 Å². The fraction of sp³-hybridized carbons (Fsp3) is 0.400.